The van der Waals surface area contributed by atoms with Crippen molar-refractivity contribution in [3.05, 3.63) is 0 Å². The van der Waals surface area contributed by atoms with Gasteiger partial charge in [0, 0.05) is 0 Å². The minimum Gasteiger partial charge on any atom is -0.371 e. The van der Waals surface area contributed by atoms with Crippen LogP contribution >= 0.6 is 0 Å². The van der Waals surface area contributed by atoms with E-state index in [1.54, 1.807) is 0 Å². The van der Waals surface area contributed by atoms with Crippen LogP contribution in [0.25, 0.3) is 0 Å². The highest BCUT2D eigenvalue weighted by atomic mass is 16.6. The van der Waals surface area contributed by atoms with Crippen LogP contribution in [0.1, 0.15) is 13.3 Å². The molecule has 0 aromatic carbocycles. The Morgan fingerprint density at radius 1 is 1.86 bits per heavy atom. The lowest BCUT2D eigenvalue weighted by atomic mass is 10.5. The van der Waals surface area contributed by atoms with Gasteiger partial charge in [-0.3, -0.25) is 0 Å². The Morgan fingerprint density at radius 3 is 2.57 bits per heavy atom. The zero-order chi connectivity index (χ0) is 5.28. The lowest BCUT2D eigenvalue weighted by molar-refractivity contribution is -0.0160. The summed E-state index contributed by atoms with van der Waals surface area (Å²) in [5, 5.41) is 8.17. The van der Waals surface area contributed by atoms with Crippen LogP contribution in [0.15, 0.2) is 0 Å². The van der Waals surface area contributed by atoms with Gasteiger partial charge in [-0.05, 0) is 12.3 Å². The summed E-state index contributed by atoms with van der Waals surface area (Å²) in [6, 6.07) is 0. The molecule has 1 aliphatic rings. The molecule has 0 heterocycles. The molecule has 0 radical (unpaired) electrons. The van der Waals surface area contributed by atoms with Crippen molar-refractivity contribution in [2.75, 3.05) is 6.79 Å². The average Bonchev–Trinajstić information content (AvgIpc) is 2.22. The Kier molecular flexibility index (Phi) is 1.30. The van der Waals surface area contributed by atoms with Crippen molar-refractivity contribution >= 4 is 0 Å². The quantitative estimate of drug-likeness (QED) is 0.510. The van der Waals surface area contributed by atoms with Gasteiger partial charge in [0.15, 0.2) is 0 Å². The fourth-order valence-electron chi connectivity index (χ4n) is 0.616. The first-order valence-corrected chi connectivity index (χ1v) is 2.57. The Bertz CT molecular complexity index is 63.1. The zero-order valence-electron chi connectivity index (χ0n) is 4.42. The van der Waals surface area contributed by atoms with E-state index in [1.807, 2.05) is 0 Å². The Hall–Kier alpha value is -0.0800. The van der Waals surface area contributed by atoms with E-state index in [0.29, 0.717) is 12.0 Å². The molecule has 1 N–H and O–H groups in total. The van der Waals surface area contributed by atoms with Crippen LogP contribution in [0.2, 0.25) is 0 Å². The first-order chi connectivity index (χ1) is 3.34. The molecule has 1 rings (SSSR count). The minimum absolute atomic E-state index is 0.116. The molecule has 1 saturated carbocycles. The van der Waals surface area contributed by atoms with Crippen molar-refractivity contribution in [1.29, 1.82) is 0 Å². The number of hydrogen-bond donors (Lipinski definition) is 1. The van der Waals surface area contributed by atoms with E-state index in [4.69, 9.17) is 9.84 Å². The summed E-state index contributed by atoms with van der Waals surface area (Å²) in [7, 11) is 0. The molecule has 7 heavy (non-hydrogen) atoms. The van der Waals surface area contributed by atoms with Gasteiger partial charge < -0.3 is 9.84 Å². The topological polar surface area (TPSA) is 29.5 Å². The summed E-state index contributed by atoms with van der Waals surface area (Å²) in [6.45, 7) is 2.00. The smallest absolute Gasteiger partial charge is 0.143 e. The Balaban J connectivity index is 1.98. The van der Waals surface area contributed by atoms with Gasteiger partial charge >= 0.3 is 0 Å². The fraction of sp³-hybridized carbons (Fsp3) is 1.00. The molecular weight excluding hydrogens is 92.1 g/mol. The molecule has 0 amide bonds. The summed E-state index contributed by atoms with van der Waals surface area (Å²) < 4.78 is 4.82. The van der Waals surface area contributed by atoms with Crippen molar-refractivity contribution in [3.63, 3.8) is 0 Å². The van der Waals surface area contributed by atoms with E-state index < -0.39 is 0 Å². The maximum absolute atomic E-state index is 8.17. The standard InChI is InChI=1S/C5H10O2/c1-4-2-5(4)7-3-6/h4-6H,2-3H2,1H3/t4-,5-/m1/s1. The summed E-state index contributed by atoms with van der Waals surface area (Å²) in [5.41, 5.74) is 0. The van der Waals surface area contributed by atoms with Crippen LogP contribution < -0.4 is 0 Å². The first-order valence-electron chi connectivity index (χ1n) is 2.57. The lowest BCUT2D eigenvalue weighted by Crippen LogP contribution is -1.95. The highest BCUT2D eigenvalue weighted by Gasteiger charge is 2.33. The predicted octanol–water partition coefficient (Wildman–Crippen LogP) is 0.361. The molecule has 2 atom stereocenters. The van der Waals surface area contributed by atoms with Crippen LogP contribution in [0.4, 0.5) is 0 Å². The van der Waals surface area contributed by atoms with E-state index in [1.165, 1.54) is 0 Å². The fourth-order valence-corrected chi connectivity index (χ4v) is 0.616. The molecule has 0 aliphatic heterocycles. The zero-order valence-corrected chi connectivity index (χ0v) is 4.42. The highest BCUT2D eigenvalue weighted by Crippen LogP contribution is 2.32. The second-order valence-corrected chi connectivity index (χ2v) is 2.05. The van der Waals surface area contributed by atoms with Gasteiger partial charge in [0.05, 0.1) is 6.10 Å². The number of rotatable bonds is 2. The molecule has 0 saturated heterocycles. The average molecular weight is 102 g/mol. The molecule has 0 aromatic heterocycles. The summed E-state index contributed by atoms with van der Waals surface area (Å²) in [5.74, 6) is 0.687. The van der Waals surface area contributed by atoms with E-state index in [-0.39, 0.29) is 6.79 Å². The summed E-state index contributed by atoms with van der Waals surface area (Å²) in [6.07, 6.45) is 1.49. The van der Waals surface area contributed by atoms with Gasteiger partial charge in [-0.15, -0.1) is 0 Å². The van der Waals surface area contributed by atoms with Gasteiger partial charge in [0.25, 0.3) is 0 Å². The van der Waals surface area contributed by atoms with Gasteiger partial charge in [-0.1, -0.05) is 6.92 Å². The molecule has 1 aliphatic carbocycles. The van der Waals surface area contributed by atoms with Crippen molar-refractivity contribution in [1.82, 2.24) is 0 Å². The maximum Gasteiger partial charge on any atom is 0.143 e. The second-order valence-electron chi connectivity index (χ2n) is 2.05. The molecule has 42 valence electrons. The third-order valence-electron chi connectivity index (χ3n) is 1.32. The third-order valence-corrected chi connectivity index (χ3v) is 1.32. The van der Waals surface area contributed by atoms with Crippen molar-refractivity contribution in [3.8, 4) is 0 Å². The molecule has 0 unspecified atom stereocenters. The van der Waals surface area contributed by atoms with E-state index in [9.17, 15) is 0 Å². The van der Waals surface area contributed by atoms with Gasteiger partial charge in [0.1, 0.15) is 6.79 Å². The molecule has 0 bridgehead atoms. The van der Waals surface area contributed by atoms with E-state index in [0.717, 1.165) is 6.42 Å². The molecule has 2 heteroatoms. The second kappa shape index (κ2) is 1.80. The van der Waals surface area contributed by atoms with Crippen LogP contribution in [0, 0.1) is 5.92 Å². The van der Waals surface area contributed by atoms with Gasteiger partial charge in [0.2, 0.25) is 0 Å². The number of hydrogen-bond acceptors (Lipinski definition) is 2. The number of aliphatic hydroxyl groups is 1. The first kappa shape index (κ1) is 5.06. The van der Waals surface area contributed by atoms with Gasteiger partial charge in [-0.2, -0.15) is 0 Å². The van der Waals surface area contributed by atoms with E-state index in [2.05, 4.69) is 6.92 Å². The lowest BCUT2D eigenvalue weighted by Gasteiger charge is -1.91. The normalized spacial score (nSPS) is 38.6. The summed E-state index contributed by atoms with van der Waals surface area (Å²) >= 11 is 0. The molecule has 1 fully saturated rings. The Labute approximate surface area is 43.1 Å². The number of ether oxygens (including phenoxy) is 1. The third kappa shape index (κ3) is 1.14. The molecule has 2 nitrogen and oxygen atoms in total. The number of aliphatic hydroxyl groups excluding tert-OH is 1. The van der Waals surface area contributed by atoms with Crippen LogP contribution in [0.3, 0.4) is 0 Å². The minimum atomic E-state index is -0.116. The monoisotopic (exact) mass is 102 g/mol. The van der Waals surface area contributed by atoms with Crippen LogP contribution in [0.5, 0.6) is 0 Å². The highest BCUT2D eigenvalue weighted by molar-refractivity contribution is 4.82. The largest absolute Gasteiger partial charge is 0.371 e. The summed E-state index contributed by atoms with van der Waals surface area (Å²) in [4.78, 5) is 0. The maximum atomic E-state index is 8.17. The SMILES string of the molecule is C[C@@H]1C[C@H]1OCO. The van der Waals surface area contributed by atoms with Crippen LogP contribution in [-0.2, 0) is 4.74 Å². The van der Waals surface area contributed by atoms with Crippen molar-refractivity contribution < 1.29 is 9.84 Å². The predicted molar refractivity (Wildman–Crippen MR) is 25.7 cm³/mol. The van der Waals surface area contributed by atoms with Crippen molar-refractivity contribution in [2.24, 2.45) is 5.92 Å². The molecule has 0 spiro atoms. The Morgan fingerprint density at radius 2 is 2.43 bits per heavy atom. The van der Waals surface area contributed by atoms with E-state index >= 15 is 0 Å². The molecule has 0 aromatic rings. The van der Waals surface area contributed by atoms with Crippen molar-refractivity contribution in [2.45, 2.75) is 19.4 Å². The molecular formula is C5H10O2. The van der Waals surface area contributed by atoms with Gasteiger partial charge in [-0.25, -0.2) is 0 Å². The van der Waals surface area contributed by atoms with Crippen LogP contribution in [-0.4, -0.2) is 18.0 Å².